The summed E-state index contributed by atoms with van der Waals surface area (Å²) in [4.78, 5) is 11.3. The maximum absolute atomic E-state index is 11.6. The molecule has 0 spiro atoms. The Labute approximate surface area is 115 Å². The Hall–Kier alpha value is -0.920. The second kappa shape index (κ2) is 6.31. The number of carbonyl (C=O) groups excluding carboxylic acids is 1. The smallest absolute Gasteiger partial charge is 0.235 e. The van der Waals surface area contributed by atoms with Gasteiger partial charge in [0.2, 0.25) is 15.9 Å². The minimum Gasteiger partial charge on any atom is -0.358 e. The summed E-state index contributed by atoms with van der Waals surface area (Å²) in [5, 5.41) is 2.41. The molecule has 0 radical (unpaired) electrons. The number of likely N-dealkylation sites (N-methyl/N-ethyl adjacent to an activating group) is 1. The molecule has 1 aromatic rings. The predicted octanol–water partition coefficient (Wildman–Crippen LogP) is 0.957. The maximum atomic E-state index is 11.6. The van der Waals surface area contributed by atoms with Crippen molar-refractivity contribution in [2.75, 3.05) is 19.8 Å². The molecule has 1 N–H and O–H groups in total. The van der Waals surface area contributed by atoms with E-state index in [1.165, 1.54) is 7.05 Å². The fourth-order valence-corrected chi connectivity index (χ4v) is 2.32. The first-order valence-corrected chi connectivity index (χ1v) is 7.87. The van der Waals surface area contributed by atoms with Crippen molar-refractivity contribution < 1.29 is 13.2 Å². The lowest BCUT2D eigenvalue weighted by Crippen LogP contribution is -2.38. The summed E-state index contributed by atoms with van der Waals surface area (Å²) < 4.78 is 25.2. The first-order chi connectivity index (χ1) is 8.32. The quantitative estimate of drug-likeness (QED) is 0.872. The molecule has 0 aromatic heterocycles. The van der Waals surface area contributed by atoms with Gasteiger partial charge in [-0.15, -0.1) is 0 Å². The second-order valence-corrected chi connectivity index (χ2v) is 6.73. The summed E-state index contributed by atoms with van der Waals surface area (Å²) in [6, 6.07) is 7.28. The number of nitrogens with one attached hydrogen (secondary N) is 1. The van der Waals surface area contributed by atoms with Crippen molar-refractivity contribution in [3.63, 3.8) is 0 Å². The fourth-order valence-electron chi connectivity index (χ4n) is 1.32. The van der Waals surface area contributed by atoms with E-state index in [-0.39, 0.29) is 19.0 Å². The fraction of sp³-hybridized carbons (Fsp3) is 0.364. The minimum absolute atomic E-state index is 0.175. The van der Waals surface area contributed by atoms with Crippen molar-refractivity contribution in [2.45, 2.75) is 6.54 Å². The Morgan fingerprint density at radius 2 is 1.89 bits per heavy atom. The van der Waals surface area contributed by atoms with Gasteiger partial charge in [0.15, 0.2) is 0 Å². The Kier molecular flexibility index (Phi) is 5.30. The van der Waals surface area contributed by atoms with Crippen molar-refractivity contribution in [1.29, 1.82) is 0 Å². The largest absolute Gasteiger partial charge is 0.358 e. The average Bonchev–Trinajstić information content (AvgIpc) is 2.29. The summed E-state index contributed by atoms with van der Waals surface area (Å²) in [5.74, 6) is -0.336. The number of nitrogens with zero attached hydrogens (tertiary/aromatic N) is 1. The van der Waals surface area contributed by atoms with Gasteiger partial charge >= 0.3 is 0 Å². The topological polar surface area (TPSA) is 66.5 Å². The summed E-state index contributed by atoms with van der Waals surface area (Å²) in [6.45, 7) is 0.00489. The van der Waals surface area contributed by atoms with Crippen LogP contribution in [0.3, 0.4) is 0 Å². The Bertz CT molecular complexity index is 514. The molecule has 0 unspecified atom stereocenters. The molecule has 0 fully saturated rings. The zero-order chi connectivity index (χ0) is 13.8. The molecular weight excluding hydrogens is 320 g/mol. The monoisotopic (exact) mass is 334 g/mol. The molecule has 0 aliphatic carbocycles. The third-order valence-electron chi connectivity index (χ3n) is 2.34. The molecule has 0 aliphatic rings. The predicted molar refractivity (Wildman–Crippen MR) is 73.5 cm³/mol. The molecule has 1 rings (SSSR count). The highest BCUT2D eigenvalue weighted by molar-refractivity contribution is 9.10. The van der Waals surface area contributed by atoms with Crippen molar-refractivity contribution >= 4 is 31.9 Å². The van der Waals surface area contributed by atoms with E-state index in [0.717, 1.165) is 20.6 Å². The standard InChI is InChI=1S/C11H15BrN2O3S/c1-13-11(15)8-14(18(2,16)17)7-9-3-5-10(12)6-4-9/h3-6H,7-8H2,1-2H3,(H,13,15). The number of benzene rings is 1. The van der Waals surface area contributed by atoms with Gasteiger partial charge in [0, 0.05) is 18.1 Å². The van der Waals surface area contributed by atoms with Crippen molar-refractivity contribution in [3.05, 3.63) is 34.3 Å². The van der Waals surface area contributed by atoms with Gasteiger partial charge in [-0.25, -0.2) is 8.42 Å². The third-order valence-corrected chi connectivity index (χ3v) is 4.06. The lowest BCUT2D eigenvalue weighted by molar-refractivity contribution is -0.120. The van der Waals surface area contributed by atoms with Gasteiger partial charge in [-0.05, 0) is 17.7 Å². The minimum atomic E-state index is -3.42. The van der Waals surface area contributed by atoms with E-state index in [0.29, 0.717) is 0 Å². The zero-order valence-corrected chi connectivity index (χ0v) is 12.6. The van der Waals surface area contributed by atoms with Crippen LogP contribution in [-0.2, 0) is 21.4 Å². The molecule has 7 heteroatoms. The van der Waals surface area contributed by atoms with Crippen LogP contribution in [0.15, 0.2) is 28.7 Å². The van der Waals surface area contributed by atoms with Crippen molar-refractivity contribution in [2.24, 2.45) is 0 Å². The Morgan fingerprint density at radius 1 is 1.33 bits per heavy atom. The third kappa shape index (κ3) is 4.75. The normalized spacial score (nSPS) is 11.6. The highest BCUT2D eigenvalue weighted by Crippen LogP contribution is 2.13. The summed E-state index contributed by atoms with van der Waals surface area (Å²) in [6.07, 6.45) is 1.09. The van der Waals surface area contributed by atoms with Crippen molar-refractivity contribution in [1.82, 2.24) is 9.62 Å². The van der Waals surface area contributed by atoms with Crippen molar-refractivity contribution in [3.8, 4) is 0 Å². The SMILES string of the molecule is CNC(=O)CN(Cc1ccc(Br)cc1)S(C)(=O)=O. The molecule has 1 amide bonds. The second-order valence-electron chi connectivity index (χ2n) is 3.83. The molecule has 0 aliphatic heterocycles. The molecule has 5 nitrogen and oxygen atoms in total. The van der Waals surface area contributed by atoms with Crippen LogP contribution in [0.4, 0.5) is 0 Å². The Balaban J connectivity index is 2.85. The van der Waals surface area contributed by atoms with Crippen LogP contribution in [0.1, 0.15) is 5.56 Å². The number of hydrogen-bond acceptors (Lipinski definition) is 3. The van der Waals surface area contributed by atoms with E-state index in [1.54, 1.807) is 0 Å². The number of rotatable bonds is 5. The van der Waals surface area contributed by atoms with E-state index in [9.17, 15) is 13.2 Å². The van der Waals surface area contributed by atoms with Gasteiger partial charge in [-0.1, -0.05) is 28.1 Å². The molecular formula is C11H15BrN2O3S. The van der Waals surface area contributed by atoms with Gasteiger partial charge in [0.05, 0.1) is 12.8 Å². The number of halogens is 1. The van der Waals surface area contributed by atoms with E-state index in [1.807, 2.05) is 24.3 Å². The van der Waals surface area contributed by atoms with E-state index in [2.05, 4.69) is 21.2 Å². The maximum Gasteiger partial charge on any atom is 0.235 e. The lowest BCUT2D eigenvalue weighted by Gasteiger charge is -2.19. The van der Waals surface area contributed by atoms with Gasteiger partial charge in [0.1, 0.15) is 0 Å². The van der Waals surface area contributed by atoms with Gasteiger partial charge in [0.25, 0.3) is 0 Å². The molecule has 18 heavy (non-hydrogen) atoms. The zero-order valence-electron chi connectivity index (χ0n) is 10.2. The van der Waals surface area contributed by atoms with Crippen LogP contribution in [0.5, 0.6) is 0 Å². The molecule has 1 aromatic carbocycles. The highest BCUT2D eigenvalue weighted by atomic mass is 79.9. The highest BCUT2D eigenvalue weighted by Gasteiger charge is 2.19. The number of carbonyl (C=O) groups is 1. The van der Waals surface area contributed by atoms with Gasteiger partial charge in [-0.2, -0.15) is 4.31 Å². The molecule has 0 saturated carbocycles. The average molecular weight is 335 g/mol. The van der Waals surface area contributed by atoms with Crippen LogP contribution in [0.2, 0.25) is 0 Å². The Morgan fingerprint density at radius 3 is 2.33 bits per heavy atom. The van der Waals surface area contributed by atoms with E-state index < -0.39 is 10.0 Å². The summed E-state index contributed by atoms with van der Waals surface area (Å²) in [5.41, 5.74) is 0.826. The van der Waals surface area contributed by atoms with Crippen LogP contribution in [-0.4, -0.2) is 38.5 Å². The summed E-state index contributed by atoms with van der Waals surface area (Å²) in [7, 11) is -1.94. The van der Waals surface area contributed by atoms with Crippen LogP contribution in [0.25, 0.3) is 0 Å². The van der Waals surface area contributed by atoms with Crippen LogP contribution < -0.4 is 5.32 Å². The first kappa shape index (κ1) is 15.1. The molecule has 0 atom stereocenters. The number of hydrogen-bond donors (Lipinski definition) is 1. The van der Waals surface area contributed by atoms with Gasteiger partial charge in [-0.3, -0.25) is 4.79 Å². The molecule has 100 valence electrons. The number of amides is 1. The van der Waals surface area contributed by atoms with Crippen LogP contribution in [0, 0.1) is 0 Å². The molecule has 0 bridgehead atoms. The summed E-state index contributed by atoms with van der Waals surface area (Å²) >= 11 is 3.31. The van der Waals surface area contributed by atoms with E-state index in [4.69, 9.17) is 0 Å². The molecule has 0 saturated heterocycles. The number of sulfonamides is 1. The van der Waals surface area contributed by atoms with Crippen LogP contribution >= 0.6 is 15.9 Å². The van der Waals surface area contributed by atoms with E-state index >= 15 is 0 Å². The van der Waals surface area contributed by atoms with Gasteiger partial charge < -0.3 is 5.32 Å². The first-order valence-electron chi connectivity index (χ1n) is 5.23. The molecule has 0 heterocycles. The lowest BCUT2D eigenvalue weighted by atomic mass is 10.2.